The number of nitrogens with one attached hydrogen (secondary N) is 2. The van der Waals surface area contributed by atoms with Gasteiger partial charge in [0.15, 0.2) is 0 Å². The molecule has 0 aliphatic carbocycles. The lowest BCUT2D eigenvalue weighted by Crippen LogP contribution is -2.34. The zero-order valence-electron chi connectivity index (χ0n) is 10.9. The molecular weight excluding hydrogens is 342 g/mol. The minimum absolute atomic E-state index is 0.0474. The molecule has 0 saturated heterocycles. The fraction of sp³-hybridized carbons (Fsp3) is 0.231. The highest BCUT2D eigenvalue weighted by atomic mass is 79.9. The van der Waals surface area contributed by atoms with E-state index in [4.69, 9.17) is 10.4 Å². The van der Waals surface area contributed by atoms with E-state index in [1.807, 2.05) is 6.07 Å². The second kappa shape index (κ2) is 8.01. The molecule has 110 valence electrons. The molecule has 21 heavy (non-hydrogen) atoms. The van der Waals surface area contributed by atoms with Gasteiger partial charge in [-0.15, -0.1) is 0 Å². The van der Waals surface area contributed by atoms with Crippen LogP contribution >= 0.6 is 15.9 Å². The number of nitriles is 1. The maximum Gasteiger partial charge on any atom is 0.325 e. The normalized spacial score (nSPS) is 9.52. The lowest BCUT2D eigenvalue weighted by molar-refractivity contribution is -0.137. The SMILES string of the molecule is N#Cc1ccc(NC(=O)NC(=O)CCCC(=O)O)c(Br)c1. The third-order valence-electron chi connectivity index (χ3n) is 2.39. The molecule has 0 atom stereocenters. The molecule has 0 aliphatic rings. The Kier molecular flexibility index (Phi) is 6.36. The van der Waals surface area contributed by atoms with E-state index in [0.29, 0.717) is 15.7 Å². The van der Waals surface area contributed by atoms with Crippen LogP contribution in [0.2, 0.25) is 0 Å². The summed E-state index contributed by atoms with van der Waals surface area (Å²) in [6.45, 7) is 0. The Morgan fingerprint density at radius 1 is 1.29 bits per heavy atom. The Labute approximate surface area is 129 Å². The molecule has 1 rings (SSSR count). The van der Waals surface area contributed by atoms with E-state index in [2.05, 4.69) is 26.6 Å². The summed E-state index contributed by atoms with van der Waals surface area (Å²) < 4.78 is 0.509. The highest BCUT2D eigenvalue weighted by Gasteiger charge is 2.10. The lowest BCUT2D eigenvalue weighted by atomic mass is 10.2. The Bertz CT molecular complexity index is 610. The van der Waals surface area contributed by atoms with Gasteiger partial charge < -0.3 is 10.4 Å². The highest BCUT2D eigenvalue weighted by molar-refractivity contribution is 9.10. The molecule has 0 spiro atoms. The summed E-state index contributed by atoms with van der Waals surface area (Å²) in [6.07, 6.45) is -0.0144. The number of rotatable bonds is 5. The van der Waals surface area contributed by atoms with Crippen molar-refractivity contribution < 1.29 is 19.5 Å². The van der Waals surface area contributed by atoms with Gasteiger partial charge in [-0.25, -0.2) is 4.79 Å². The van der Waals surface area contributed by atoms with E-state index >= 15 is 0 Å². The Morgan fingerprint density at radius 2 is 2.00 bits per heavy atom. The number of benzene rings is 1. The fourth-order valence-corrected chi connectivity index (χ4v) is 1.91. The van der Waals surface area contributed by atoms with Crippen molar-refractivity contribution in [3.63, 3.8) is 0 Å². The second-order valence-corrected chi connectivity index (χ2v) is 4.91. The Morgan fingerprint density at radius 3 is 2.57 bits per heavy atom. The van der Waals surface area contributed by atoms with Gasteiger partial charge in [0.1, 0.15) is 0 Å². The van der Waals surface area contributed by atoms with E-state index < -0.39 is 17.9 Å². The number of carbonyl (C=O) groups excluding carboxylic acids is 2. The molecule has 0 heterocycles. The van der Waals surface area contributed by atoms with E-state index in [1.54, 1.807) is 0 Å². The number of carbonyl (C=O) groups is 3. The summed E-state index contributed by atoms with van der Waals surface area (Å²) in [4.78, 5) is 33.3. The number of urea groups is 1. The first-order chi connectivity index (χ1) is 9.92. The molecule has 0 aromatic heterocycles. The van der Waals surface area contributed by atoms with E-state index in [9.17, 15) is 14.4 Å². The van der Waals surface area contributed by atoms with Crippen LogP contribution in [0.5, 0.6) is 0 Å². The van der Waals surface area contributed by atoms with Gasteiger partial charge in [-0.05, 0) is 40.5 Å². The first-order valence-corrected chi connectivity index (χ1v) is 6.74. The standard InChI is InChI=1S/C13H12BrN3O4/c14-9-6-8(7-15)4-5-10(9)16-13(21)17-11(18)2-1-3-12(19)20/h4-6H,1-3H2,(H,19,20)(H2,16,17,18,21). The molecule has 1 aromatic rings. The molecule has 0 aliphatic heterocycles. The van der Waals surface area contributed by atoms with Gasteiger partial charge in [0.2, 0.25) is 5.91 Å². The molecule has 8 heteroatoms. The molecular formula is C13H12BrN3O4. The van der Waals surface area contributed by atoms with Crippen LogP contribution in [0.3, 0.4) is 0 Å². The number of hydrogen-bond donors (Lipinski definition) is 3. The number of carboxylic acid groups (broad SMARTS) is 1. The number of amides is 3. The Hall–Kier alpha value is -2.40. The molecule has 3 amide bonds. The van der Waals surface area contributed by atoms with Gasteiger partial charge in [-0.3, -0.25) is 14.9 Å². The minimum atomic E-state index is -0.992. The number of hydrogen-bond acceptors (Lipinski definition) is 4. The van der Waals surface area contributed by atoms with E-state index in [-0.39, 0.29) is 19.3 Å². The van der Waals surface area contributed by atoms with Crippen LogP contribution in [0.1, 0.15) is 24.8 Å². The maximum absolute atomic E-state index is 11.6. The molecule has 0 bridgehead atoms. The molecule has 1 aromatic carbocycles. The van der Waals surface area contributed by atoms with Crippen LogP contribution < -0.4 is 10.6 Å². The molecule has 0 unspecified atom stereocenters. The molecule has 3 N–H and O–H groups in total. The van der Waals surface area contributed by atoms with Crippen LogP contribution in [-0.2, 0) is 9.59 Å². The first-order valence-electron chi connectivity index (χ1n) is 5.94. The van der Waals surface area contributed by atoms with E-state index in [0.717, 1.165) is 0 Å². The number of aliphatic carboxylic acids is 1. The fourth-order valence-electron chi connectivity index (χ4n) is 1.43. The molecule has 7 nitrogen and oxygen atoms in total. The third-order valence-corrected chi connectivity index (χ3v) is 3.05. The van der Waals surface area contributed by atoms with Gasteiger partial charge in [0.05, 0.1) is 17.3 Å². The zero-order chi connectivity index (χ0) is 15.8. The van der Waals surface area contributed by atoms with Gasteiger partial charge >= 0.3 is 12.0 Å². The first kappa shape index (κ1) is 16.7. The molecule has 0 fully saturated rings. The van der Waals surface area contributed by atoms with Crippen LogP contribution in [0, 0.1) is 11.3 Å². The lowest BCUT2D eigenvalue weighted by Gasteiger charge is -2.08. The average molecular weight is 354 g/mol. The van der Waals surface area contributed by atoms with Crippen molar-refractivity contribution in [2.24, 2.45) is 0 Å². The number of carboxylic acids is 1. The monoisotopic (exact) mass is 353 g/mol. The van der Waals surface area contributed by atoms with Crippen molar-refractivity contribution in [1.82, 2.24) is 5.32 Å². The zero-order valence-corrected chi connectivity index (χ0v) is 12.4. The smallest absolute Gasteiger partial charge is 0.325 e. The predicted octanol–water partition coefficient (Wildman–Crippen LogP) is 2.22. The summed E-state index contributed by atoms with van der Waals surface area (Å²) in [6, 6.07) is 5.81. The van der Waals surface area contributed by atoms with Crippen molar-refractivity contribution in [1.29, 1.82) is 5.26 Å². The summed E-state index contributed by atoms with van der Waals surface area (Å²) in [5.74, 6) is -1.55. The van der Waals surface area contributed by atoms with Crippen LogP contribution in [0.25, 0.3) is 0 Å². The van der Waals surface area contributed by atoms with Crippen molar-refractivity contribution in [2.75, 3.05) is 5.32 Å². The highest BCUT2D eigenvalue weighted by Crippen LogP contribution is 2.23. The summed E-state index contributed by atoms with van der Waals surface area (Å²) in [7, 11) is 0. The number of anilines is 1. The topological polar surface area (TPSA) is 119 Å². The summed E-state index contributed by atoms with van der Waals surface area (Å²) in [5.41, 5.74) is 0.836. The maximum atomic E-state index is 11.6. The number of imide groups is 1. The molecule has 0 radical (unpaired) electrons. The largest absolute Gasteiger partial charge is 0.481 e. The van der Waals surface area contributed by atoms with Crippen LogP contribution in [-0.4, -0.2) is 23.0 Å². The van der Waals surface area contributed by atoms with Gasteiger partial charge in [0.25, 0.3) is 0 Å². The number of nitrogens with zero attached hydrogens (tertiary/aromatic N) is 1. The quantitative estimate of drug-likeness (QED) is 0.749. The predicted molar refractivity (Wildman–Crippen MR) is 77.5 cm³/mol. The number of halogens is 1. The molecule has 0 saturated carbocycles. The van der Waals surface area contributed by atoms with Crippen LogP contribution in [0.15, 0.2) is 22.7 Å². The van der Waals surface area contributed by atoms with Crippen molar-refractivity contribution in [3.8, 4) is 6.07 Å². The summed E-state index contributed by atoms with van der Waals surface area (Å²) >= 11 is 3.20. The van der Waals surface area contributed by atoms with Crippen LogP contribution in [0.4, 0.5) is 10.5 Å². The third kappa shape index (κ3) is 6.05. The van der Waals surface area contributed by atoms with Crippen molar-refractivity contribution in [2.45, 2.75) is 19.3 Å². The average Bonchev–Trinajstić information content (AvgIpc) is 2.40. The van der Waals surface area contributed by atoms with Gasteiger partial charge in [0, 0.05) is 17.3 Å². The van der Waals surface area contributed by atoms with Gasteiger partial charge in [-0.1, -0.05) is 0 Å². The second-order valence-electron chi connectivity index (χ2n) is 4.06. The van der Waals surface area contributed by atoms with Crippen molar-refractivity contribution in [3.05, 3.63) is 28.2 Å². The minimum Gasteiger partial charge on any atom is -0.481 e. The van der Waals surface area contributed by atoms with E-state index in [1.165, 1.54) is 18.2 Å². The van der Waals surface area contributed by atoms with Crippen molar-refractivity contribution >= 4 is 39.5 Å². The summed E-state index contributed by atoms with van der Waals surface area (Å²) in [5, 5.41) is 21.7. The van der Waals surface area contributed by atoms with Gasteiger partial charge in [-0.2, -0.15) is 5.26 Å². The Balaban J connectivity index is 2.48.